The van der Waals surface area contributed by atoms with Gasteiger partial charge in [-0.15, -0.1) is 0 Å². The molecule has 0 unspecified atom stereocenters. The predicted octanol–water partition coefficient (Wildman–Crippen LogP) is 4.26. The van der Waals surface area contributed by atoms with Gasteiger partial charge in [0.15, 0.2) is 0 Å². The zero-order valence-electron chi connectivity index (χ0n) is 11.9. The number of rotatable bonds is 6. The molecule has 4 heteroatoms. The van der Waals surface area contributed by atoms with Gasteiger partial charge in [0.2, 0.25) is 0 Å². The Balaban J connectivity index is 1.72. The van der Waals surface area contributed by atoms with Gasteiger partial charge in [-0.1, -0.05) is 42.0 Å². The van der Waals surface area contributed by atoms with Crippen molar-refractivity contribution >= 4 is 40.3 Å². The second kappa shape index (κ2) is 8.44. The summed E-state index contributed by atoms with van der Waals surface area (Å²) >= 11 is 4.04. The van der Waals surface area contributed by atoms with Crippen molar-refractivity contribution in [3.63, 3.8) is 0 Å². The van der Waals surface area contributed by atoms with Gasteiger partial charge in [0.1, 0.15) is 0 Å². The van der Waals surface area contributed by atoms with E-state index in [2.05, 4.69) is 52.2 Å². The highest BCUT2D eigenvalue weighted by Gasteiger charge is 2.08. The Labute approximate surface area is 143 Å². The fourth-order valence-electron chi connectivity index (χ4n) is 1.90. The lowest BCUT2D eigenvalue weighted by atomic mass is 10.1. The minimum Gasteiger partial charge on any atom is -0.351 e. The summed E-state index contributed by atoms with van der Waals surface area (Å²) in [4.78, 5) is 12.1. The van der Waals surface area contributed by atoms with Gasteiger partial charge in [-0.05, 0) is 47.2 Å². The molecule has 0 saturated carbocycles. The Kier molecular flexibility index (Phi) is 6.57. The Morgan fingerprint density at radius 3 is 2.67 bits per heavy atom. The Hall–Kier alpha value is -1.01. The van der Waals surface area contributed by atoms with Gasteiger partial charge in [0, 0.05) is 21.6 Å². The van der Waals surface area contributed by atoms with Crippen LogP contribution in [0, 0.1) is 10.5 Å². The monoisotopic (exact) mass is 411 g/mol. The first-order chi connectivity index (χ1) is 10.2. The molecule has 110 valence electrons. The van der Waals surface area contributed by atoms with Crippen LogP contribution in [0.2, 0.25) is 0 Å². The van der Waals surface area contributed by atoms with Crippen molar-refractivity contribution in [2.75, 3.05) is 12.3 Å². The lowest BCUT2D eigenvalue weighted by Crippen LogP contribution is -2.26. The molecule has 2 aromatic rings. The molecule has 2 rings (SSSR count). The van der Waals surface area contributed by atoms with Crippen molar-refractivity contribution in [3.8, 4) is 0 Å². The molecule has 0 radical (unpaired) electrons. The van der Waals surface area contributed by atoms with E-state index in [1.165, 1.54) is 11.1 Å². The van der Waals surface area contributed by atoms with Crippen LogP contribution < -0.4 is 5.32 Å². The smallest absolute Gasteiger partial charge is 0.252 e. The molecule has 0 aliphatic carbocycles. The second-order valence-corrected chi connectivity index (χ2v) is 7.04. The van der Waals surface area contributed by atoms with Crippen LogP contribution in [0.15, 0.2) is 48.5 Å². The molecule has 0 saturated heterocycles. The van der Waals surface area contributed by atoms with Crippen LogP contribution in [0.1, 0.15) is 21.5 Å². The van der Waals surface area contributed by atoms with E-state index in [9.17, 15) is 4.79 Å². The maximum atomic E-state index is 12.1. The standard InChI is InChI=1S/C17H18INOS/c1-13-7-8-15(16(18)11-13)17(20)19-9-10-21-12-14-5-3-2-4-6-14/h2-8,11H,9-10,12H2,1H3,(H,19,20). The number of nitrogens with one attached hydrogen (secondary N) is 1. The van der Waals surface area contributed by atoms with Crippen LogP contribution in [0.25, 0.3) is 0 Å². The summed E-state index contributed by atoms with van der Waals surface area (Å²) in [6.07, 6.45) is 0. The van der Waals surface area contributed by atoms with Crippen molar-refractivity contribution in [2.45, 2.75) is 12.7 Å². The number of hydrogen-bond donors (Lipinski definition) is 1. The zero-order chi connectivity index (χ0) is 15.1. The number of aryl methyl sites for hydroxylation is 1. The molecule has 21 heavy (non-hydrogen) atoms. The van der Waals surface area contributed by atoms with Crippen LogP contribution in [0.3, 0.4) is 0 Å². The van der Waals surface area contributed by atoms with Gasteiger partial charge in [-0.25, -0.2) is 0 Å². The minimum atomic E-state index is 0.0136. The first kappa shape index (κ1) is 16.4. The molecule has 0 aromatic heterocycles. The average Bonchev–Trinajstić information content (AvgIpc) is 2.47. The molecular formula is C17H18INOS. The third-order valence-electron chi connectivity index (χ3n) is 3.01. The maximum Gasteiger partial charge on any atom is 0.252 e. The molecule has 0 atom stereocenters. The van der Waals surface area contributed by atoms with Gasteiger partial charge in [-0.3, -0.25) is 4.79 Å². The highest BCUT2D eigenvalue weighted by Crippen LogP contribution is 2.14. The van der Waals surface area contributed by atoms with Gasteiger partial charge < -0.3 is 5.32 Å². The largest absolute Gasteiger partial charge is 0.351 e. The molecule has 1 N–H and O–H groups in total. The summed E-state index contributed by atoms with van der Waals surface area (Å²) in [7, 11) is 0. The van der Waals surface area contributed by atoms with Crippen molar-refractivity contribution in [2.24, 2.45) is 0 Å². The van der Waals surface area contributed by atoms with Crippen molar-refractivity contribution in [1.29, 1.82) is 0 Å². The van der Waals surface area contributed by atoms with E-state index in [1.807, 2.05) is 43.0 Å². The Morgan fingerprint density at radius 1 is 1.19 bits per heavy atom. The highest BCUT2D eigenvalue weighted by atomic mass is 127. The quantitative estimate of drug-likeness (QED) is 0.569. The summed E-state index contributed by atoms with van der Waals surface area (Å²) < 4.78 is 1.00. The number of carbonyl (C=O) groups is 1. The van der Waals surface area contributed by atoms with Gasteiger partial charge >= 0.3 is 0 Å². The normalized spacial score (nSPS) is 10.4. The Morgan fingerprint density at radius 2 is 1.95 bits per heavy atom. The molecule has 0 spiro atoms. The van der Waals surface area contributed by atoms with E-state index in [0.29, 0.717) is 6.54 Å². The van der Waals surface area contributed by atoms with Gasteiger partial charge in [0.05, 0.1) is 5.56 Å². The van der Waals surface area contributed by atoms with Crippen LogP contribution >= 0.6 is 34.4 Å². The lowest BCUT2D eigenvalue weighted by Gasteiger charge is -2.07. The summed E-state index contributed by atoms with van der Waals surface area (Å²) in [6.45, 7) is 2.73. The minimum absolute atomic E-state index is 0.0136. The highest BCUT2D eigenvalue weighted by molar-refractivity contribution is 14.1. The van der Waals surface area contributed by atoms with E-state index < -0.39 is 0 Å². The van der Waals surface area contributed by atoms with E-state index in [0.717, 1.165) is 20.6 Å². The summed E-state index contributed by atoms with van der Waals surface area (Å²) in [5.41, 5.74) is 3.26. The van der Waals surface area contributed by atoms with Crippen LogP contribution in [0.5, 0.6) is 0 Å². The molecule has 2 nitrogen and oxygen atoms in total. The molecule has 2 aromatic carbocycles. The summed E-state index contributed by atoms with van der Waals surface area (Å²) in [6, 6.07) is 16.3. The molecule has 0 bridgehead atoms. The molecular weight excluding hydrogens is 393 g/mol. The van der Waals surface area contributed by atoms with Crippen LogP contribution in [-0.4, -0.2) is 18.2 Å². The van der Waals surface area contributed by atoms with E-state index in [1.54, 1.807) is 0 Å². The number of amides is 1. The molecule has 0 heterocycles. The number of benzene rings is 2. The van der Waals surface area contributed by atoms with Gasteiger partial charge in [-0.2, -0.15) is 11.8 Å². The third kappa shape index (κ3) is 5.36. The van der Waals surface area contributed by atoms with E-state index >= 15 is 0 Å². The molecule has 0 fully saturated rings. The second-order valence-electron chi connectivity index (χ2n) is 4.78. The van der Waals surface area contributed by atoms with Crippen LogP contribution in [-0.2, 0) is 5.75 Å². The number of carbonyl (C=O) groups excluding carboxylic acids is 1. The van der Waals surface area contributed by atoms with Crippen molar-refractivity contribution in [1.82, 2.24) is 5.32 Å². The fourth-order valence-corrected chi connectivity index (χ4v) is 3.64. The zero-order valence-corrected chi connectivity index (χ0v) is 14.9. The molecule has 0 aliphatic rings. The molecule has 1 amide bonds. The van der Waals surface area contributed by atoms with Crippen molar-refractivity contribution in [3.05, 3.63) is 68.8 Å². The summed E-state index contributed by atoms with van der Waals surface area (Å²) in [5.74, 6) is 1.92. The van der Waals surface area contributed by atoms with E-state index in [4.69, 9.17) is 0 Å². The average molecular weight is 411 g/mol. The fraction of sp³-hybridized carbons (Fsp3) is 0.235. The van der Waals surface area contributed by atoms with Gasteiger partial charge in [0.25, 0.3) is 5.91 Å². The topological polar surface area (TPSA) is 29.1 Å². The first-order valence-corrected chi connectivity index (χ1v) is 9.06. The molecule has 0 aliphatic heterocycles. The maximum absolute atomic E-state index is 12.1. The van der Waals surface area contributed by atoms with E-state index in [-0.39, 0.29) is 5.91 Å². The number of hydrogen-bond acceptors (Lipinski definition) is 2. The number of halogens is 1. The number of thioether (sulfide) groups is 1. The van der Waals surface area contributed by atoms with Crippen molar-refractivity contribution < 1.29 is 4.79 Å². The Bertz CT molecular complexity index is 601. The predicted molar refractivity (Wildman–Crippen MR) is 98.8 cm³/mol. The lowest BCUT2D eigenvalue weighted by molar-refractivity contribution is 0.0955. The first-order valence-electron chi connectivity index (χ1n) is 6.83. The SMILES string of the molecule is Cc1ccc(C(=O)NCCSCc2ccccc2)c(I)c1. The van der Waals surface area contributed by atoms with Crippen LogP contribution in [0.4, 0.5) is 0 Å². The summed E-state index contributed by atoms with van der Waals surface area (Å²) in [5, 5.41) is 2.98. The third-order valence-corrected chi connectivity index (χ3v) is 4.94.